The van der Waals surface area contributed by atoms with Crippen LogP contribution in [0.25, 0.3) is 0 Å². The summed E-state index contributed by atoms with van der Waals surface area (Å²) in [7, 11) is 0. The molecule has 2 atom stereocenters. The molecular formula is C15H31NO. The molecular weight excluding hydrogens is 210 g/mol. The highest BCUT2D eigenvalue weighted by atomic mass is 16.5. The minimum absolute atomic E-state index is 0.259. The van der Waals surface area contributed by atoms with Gasteiger partial charge in [-0.15, -0.1) is 0 Å². The van der Waals surface area contributed by atoms with Gasteiger partial charge in [-0.05, 0) is 25.3 Å². The highest BCUT2D eigenvalue weighted by molar-refractivity contribution is 4.75. The zero-order valence-electron chi connectivity index (χ0n) is 12.2. The molecule has 1 N–H and O–H groups in total. The quantitative estimate of drug-likeness (QED) is 0.735. The fraction of sp³-hybridized carbons (Fsp3) is 1.00. The van der Waals surface area contributed by atoms with Crippen molar-refractivity contribution in [3.8, 4) is 0 Å². The molecule has 2 heteroatoms. The van der Waals surface area contributed by atoms with Gasteiger partial charge in [0.05, 0.1) is 12.7 Å². The Labute approximate surface area is 108 Å². The minimum Gasteiger partial charge on any atom is -0.378 e. The lowest BCUT2D eigenvalue weighted by molar-refractivity contribution is -0.0254. The van der Waals surface area contributed by atoms with Gasteiger partial charge in [-0.1, -0.05) is 47.0 Å². The lowest BCUT2D eigenvalue weighted by atomic mass is 9.85. The summed E-state index contributed by atoms with van der Waals surface area (Å²) in [5, 5.41) is 3.42. The molecule has 0 amide bonds. The molecule has 1 saturated carbocycles. The molecule has 0 bridgehead atoms. The fourth-order valence-corrected chi connectivity index (χ4v) is 2.62. The monoisotopic (exact) mass is 241 g/mol. The molecule has 0 saturated heterocycles. The van der Waals surface area contributed by atoms with E-state index in [0.29, 0.717) is 6.10 Å². The van der Waals surface area contributed by atoms with E-state index in [4.69, 9.17) is 4.74 Å². The van der Waals surface area contributed by atoms with Crippen LogP contribution in [0.15, 0.2) is 0 Å². The number of nitrogens with one attached hydrogen (secondary N) is 1. The predicted molar refractivity (Wildman–Crippen MR) is 74.3 cm³/mol. The van der Waals surface area contributed by atoms with Crippen LogP contribution in [0.3, 0.4) is 0 Å². The first-order valence-corrected chi connectivity index (χ1v) is 7.39. The Morgan fingerprint density at radius 3 is 2.65 bits per heavy atom. The molecule has 2 nitrogen and oxygen atoms in total. The molecule has 0 aromatic heterocycles. The van der Waals surface area contributed by atoms with Crippen LogP contribution in [0.2, 0.25) is 0 Å². The second-order valence-electron chi connectivity index (χ2n) is 6.32. The molecule has 1 aliphatic carbocycles. The van der Waals surface area contributed by atoms with E-state index in [1.54, 1.807) is 0 Å². The van der Waals surface area contributed by atoms with Gasteiger partial charge in [0.25, 0.3) is 0 Å². The number of hydrogen-bond acceptors (Lipinski definition) is 2. The number of rotatable bonds is 7. The highest BCUT2D eigenvalue weighted by Crippen LogP contribution is 2.29. The summed E-state index contributed by atoms with van der Waals surface area (Å²) >= 11 is 0. The van der Waals surface area contributed by atoms with Crippen LogP contribution in [-0.2, 0) is 4.74 Å². The van der Waals surface area contributed by atoms with Gasteiger partial charge in [0.1, 0.15) is 0 Å². The molecule has 0 heterocycles. The topological polar surface area (TPSA) is 21.3 Å². The Bertz CT molecular complexity index is 203. The summed E-state index contributed by atoms with van der Waals surface area (Å²) in [6.45, 7) is 12.0. The summed E-state index contributed by atoms with van der Waals surface area (Å²) in [5.41, 5.74) is 0.259. The van der Waals surface area contributed by atoms with Gasteiger partial charge in [0, 0.05) is 12.0 Å². The van der Waals surface area contributed by atoms with Gasteiger partial charge in [-0.3, -0.25) is 0 Å². The Balaban J connectivity index is 2.24. The fourth-order valence-electron chi connectivity index (χ4n) is 2.62. The van der Waals surface area contributed by atoms with Gasteiger partial charge in [0.15, 0.2) is 0 Å². The van der Waals surface area contributed by atoms with Crippen molar-refractivity contribution in [1.29, 1.82) is 0 Å². The molecule has 1 aliphatic rings. The first kappa shape index (κ1) is 15.0. The standard InChI is InChI=1S/C15H31NO/c1-5-13-8-7-9-14(10-13)17-12-15(3,4)11-16-6-2/h13-14,16H,5-12H2,1-4H3. The molecule has 2 unspecified atom stereocenters. The van der Waals surface area contributed by atoms with Gasteiger partial charge < -0.3 is 10.1 Å². The molecule has 0 aromatic rings. The third-order valence-corrected chi connectivity index (χ3v) is 3.88. The average molecular weight is 241 g/mol. The Morgan fingerprint density at radius 2 is 2.00 bits per heavy atom. The number of ether oxygens (including phenoxy) is 1. The third kappa shape index (κ3) is 5.87. The maximum Gasteiger partial charge on any atom is 0.0578 e. The van der Waals surface area contributed by atoms with E-state index < -0.39 is 0 Å². The summed E-state index contributed by atoms with van der Waals surface area (Å²) in [6.07, 6.45) is 7.17. The molecule has 0 radical (unpaired) electrons. The van der Waals surface area contributed by atoms with Crippen molar-refractivity contribution in [3.05, 3.63) is 0 Å². The van der Waals surface area contributed by atoms with Gasteiger partial charge >= 0.3 is 0 Å². The van der Waals surface area contributed by atoms with Crippen LogP contribution in [-0.4, -0.2) is 25.8 Å². The summed E-state index contributed by atoms with van der Waals surface area (Å²) in [5.74, 6) is 0.908. The predicted octanol–water partition coefficient (Wildman–Crippen LogP) is 3.61. The molecule has 0 spiro atoms. The van der Waals surface area contributed by atoms with Crippen LogP contribution in [0.1, 0.15) is 59.8 Å². The summed E-state index contributed by atoms with van der Waals surface area (Å²) < 4.78 is 6.14. The maximum absolute atomic E-state index is 6.14. The normalized spacial score (nSPS) is 26.1. The van der Waals surface area contributed by atoms with Gasteiger partial charge in [-0.2, -0.15) is 0 Å². The van der Waals surface area contributed by atoms with Crippen LogP contribution in [0, 0.1) is 11.3 Å². The zero-order valence-corrected chi connectivity index (χ0v) is 12.2. The molecule has 102 valence electrons. The largest absolute Gasteiger partial charge is 0.378 e. The molecule has 1 fully saturated rings. The van der Waals surface area contributed by atoms with Crippen LogP contribution in [0.4, 0.5) is 0 Å². The van der Waals surface area contributed by atoms with E-state index >= 15 is 0 Å². The molecule has 0 aromatic carbocycles. The van der Waals surface area contributed by atoms with Crippen molar-refractivity contribution in [3.63, 3.8) is 0 Å². The van der Waals surface area contributed by atoms with Crippen molar-refractivity contribution >= 4 is 0 Å². The van der Waals surface area contributed by atoms with Crippen LogP contribution < -0.4 is 5.32 Å². The zero-order chi connectivity index (χ0) is 12.7. The van der Waals surface area contributed by atoms with E-state index in [2.05, 4.69) is 33.0 Å². The van der Waals surface area contributed by atoms with Crippen molar-refractivity contribution < 1.29 is 4.74 Å². The number of hydrogen-bond donors (Lipinski definition) is 1. The first-order valence-electron chi connectivity index (χ1n) is 7.39. The van der Waals surface area contributed by atoms with E-state index in [-0.39, 0.29) is 5.41 Å². The summed E-state index contributed by atoms with van der Waals surface area (Å²) in [6, 6.07) is 0. The Morgan fingerprint density at radius 1 is 1.24 bits per heavy atom. The smallest absolute Gasteiger partial charge is 0.0578 e. The van der Waals surface area contributed by atoms with Crippen molar-refractivity contribution in [2.75, 3.05) is 19.7 Å². The maximum atomic E-state index is 6.14. The van der Waals surface area contributed by atoms with Gasteiger partial charge in [-0.25, -0.2) is 0 Å². The van der Waals surface area contributed by atoms with E-state index in [0.717, 1.165) is 25.6 Å². The van der Waals surface area contributed by atoms with Crippen LogP contribution in [0.5, 0.6) is 0 Å². The highest BCUT2D eigenvalue weighted by Gasteiger charge is 2.24. The Kier molecular flexibility index (Phi) is 6.50. The van der Waals surface area contributed by atoms with E-state index in [1.807, 2.05) is 0 Å². The van der Waals surface area contributed by atoms with Crippen LogP contribution >= 0.6 is 0 Å². The minimum atomic E-state index is 0.259. The second-order valence-corrected chi connectivity index (χ2v) is 6.32. The lowest BCUT2D eigenvalue weighted by Gasteiger charge is -2.32. The first-order chi connectivity index (χ1) is 8.07. The van der Waals surface area contributed by atoms with Gasteiger partial charge in [0.2, 0.25) is 0 Å². The lowest BCUT2D eigenvalue weighted by Crippen LogP contribution is -2.35. The summed E-state index contributed by atoms with van der Waals surface area (Å²) in [4.78, 5) is 0. The third-order valence-electron chi connectivity index (χ3n) is 3.88. The average Bonchev–Trinajstić information content (AvgIpc) is 2.34. The molecule has 1 rings (SSSR count). The second kappa shape index (κ2) is 7.38. The Hall–Kier alpha value is -0.0800. The molecule has 0 aliphatic heterocycles. The van der Waals surface area contributed by atoms with Crippen molar-refractivity contribution in [2.24, 2.45) is 11.3 Å². The SMILES string of the molecule is CCNCC(C)(C)COC1CCCC(CC)C1. The van der Waals surface area contributed by atoms with Crippen molar-refractivity contribution in [1.82, 2.24) is 5.32 Å². The molecule has 17 heavy (non-hydrogen) atoms. The van der Waals surface area contributed by atoms with E-state index in [1.165, 1.54) is 32.1 Å². The van der Waals surface area contributed by atoms with E-state index in [9.17, 15) is 0 Å². The van der Waals surface area contributed by atoms with Crippen molar-refractivity contribution in [2.45, 2.75) is 65.9 Å².